The van der Waals surface area contributed by atoms with E-state index < -0.39 is 31.0 Å². The molecule has 2 aliphatic carbocycles. The summed E-state index contributed by atoms with van der Waals surface area (Å²) < 4.78 is 2.74. The van der Waals surface area contributed by atoms with Crippen molar-refractivity contribution in [3.05, 3.63) is 172 Å². The zero-order chi connectivity index (χ0) is 42.1. The van der Waals surface area contributed by atoms with Crippen molar-refractivity contribution in [2.24, 2.45) is 11.8 Å². The molecule has 2 unspecified atom stereocenters. The fraction of sp³-hybridized carbons (Fsp3) is 0.310. The summed E-state index contributed by atoms with van der Waals surface area (Å²) in [5.74, 6) is 1.15. The van der Waals surface area contributed by atoms with Crippen molar-refractivity contribution in [2.75, 3.05) is 0 Å². The minimum absolute atomic E-state index is 0.0431. The molecule has 2 heteroatoms. The van der Waals surface area contributed by atoms with Crippen molar-refractivity contribution in [1.82, 2.24) is 0 Å². The Kier molecular flexibility index (Phi) is 11.0. The van der Waals surface area contributed by atoms with Crippen LogP contribution in [0, 0.1) is 11.8 Å². The third-order valence-corrected chi connectivity index (χ3v) is 30.1. The molecular formula is C58H63HfSi. The van der Waals surface area contributed by atoms with Crippen molar-refractivity contribution < 1.29 is 21.4 Å². The molecule has 0 nitrogen and oxygen atoms in total. The van der Waals surface area contributed by atoms with Crippen molar-refractivity contribution in [1.29, 1.82) is 0 Å². The summed E-state index contributed by atoms with van der Waals surface area (Å²) in [6.45, 7) is 24.0. The molecule has 9 rings (SSSR count). The van der Waals surface area contributed by atoms with Gasteiger partial charge in [0, 0.05) is 0 Å². The van der Waals surface area contributed by atoms with Gasteiger partial charge in [-0.2, -0.15) is 0 Å². The van der Waals surface area contributed by atoms with Gasteiger partial charge >= 0.3 is 374 Å². The van der Waals surface area contributed by atoms with Crippen LogP contribution in [0.3, 0.4) is 0 Å². The quantitative estimate of drug-likeness (QED) is 0.127. The van der Waals surface area contributed by atoms with E-state index in [1.54, 1.807) is 36.0 Å². The molecule has 0 N–H and O–H groups in total. The first-order valence-electron chi connectivity index (χ1n) is 22.6. The zero-order valence-corrected chi connectivity index (χ0v) is 42.7. The van der Waals surface area contributed by atoms with Crippen LogP contribution in [0.25, 0.3) is 45.5 Å². The van der Waals surface area contributed by atoms with Crippen LogP contribution in [0.4, 0.5) is 0 Å². The molecule has 0 saturated heterocycles. The van der Waals surface area contributed by atoms with Gasteiger partial charge in [0.2, 0.25) is 0 Å². The number of benzene rings is 6. The average Bonchev–Trinajstić information content (AvgIpc) is 3.88. The van der Waals surface area contributed by atoms with Gasteiger partial charge in [-0.3, -0.25) is 0 Å². The predicted octanol–water partition coefficient (Wildman–Crippen LogP) is 13.3. The fourth-order valence-electron chi connectivity index (χ4n) is 11.1. The maximum absolute atomic E-state index is 3.21. The van der Waals surface area contributed by atoms with E-state index in [0.717, 1.165) is 12.8 Å². The van der Waals surface area contributed by atoms with Crippen molar-refractivity contribution in [2.45, 2.75) is 100 Å². The summed E-state index contributed by atoms with van der Waals surface area (Å²) in [4.78, 5) is 0. The summed E-state index contributed by atoms with van der Waals surface area (Å²) in [6.07, 6.45) is 7.71. The molecule has 0 radical (unpaired) electrons. The topological polar surface area (TPSA) is 0 Å². The molecule has 0 amide bonds. The van der Waals surface area contributed by atoms with E-state index in [4.69, 9.17) is 0 Å². The van der Waals surface area contributed by atoms with Gasteiger partial charge in [-0.15, -0.1) is 0 Å². The first-order chi connectivity index (χ1) is 28.7. The standard InChI is InChI=1S/2C23H27.C12H9Si.Hf/c2*1-16(2)13-17-14-18-9-8-11-19(21(18)15-17)20-10-6-7-12-22(20)23(3,4)5;1-3-7-11-9(5-1)10-6-2-4-8-12(10)13-11;/h2*6-12,14-16H,13H2,1-5H3;1-7H,13H2;. The van der Waals surface area contributed by atoms with Crippen LogP contribution in [-0.4, -0.2) is 9.52 Å². The minimum atomic E-state index is -3.21. The number of rotatable bonds is 9. The van der Waals surface area contributed by atoms with E-state index in [1.165, 1.54) is 55.6 Å². The molecule has 0 saturated carbocycles. The molecule has 0 aromatic heterocycles. The molecular weight excluding hydrogens is 903 g/mol. The van der Waals surface area contributed by atoms with Crippen LogP contribution in [0.2, 0.25) is 0 Å². The normalized spacial score (nSPS) is 17.1. The van der Waals surface area contributed by atoms with E-state index in [1.807, 2.05) is 0 Å². The Morgan fingerprint density at radius 1 is 0.467 bits per heavy atom. The molecule has 303 valence electrons. The van der Waals surface area contributed by atoms with Crippen LogP contribution >= 0.6 is 0 Å². The Morgan fingerprint density at radius 2 is 0.883 bits per heavy atom. The van der Waals surface area contributed by atoms with Crippen LogP contribution in [-0.2, 0) is 32.3 Å². The van der Waals surface area contributed by atoms with Crippen LogP contribution in [0.15, 0.2) is 139 Å². The van der Waals surface area contributed by atoms with E-state index in [9.17, 15) is 0 Å². The zero-order valence-electron chi connectivity index (χ0n) is 37.7. The van der Waals surface area contributed by atoms with Gasteiger partial charge in [0.25, 0.3) is 0 Å². The van der Waals surface area contributed by atoms with E-state index >= 15 is 0 Å². The predicted molar refractivity (Wildman–Crippen MR) is 261 cm³/mol. The molecule has 60 heavy (non-hydrogen) atoms. The average molecular weight is 967 g/mol. The molecule has 0 spiro atoms. The van der Waals surface area contributed by atoms with Gasteiger partial charge in [0.1, 0.15) is 0 Å². The van der Waals surface area contributed by atoms with Gasteiger partial charge in [-0.05, 0) is 0 Å². The molecule has 1 heterocycles. The van der Waals surface area contributed by atoms with Crippen molar-refractivity contribution in [3.8, 4) is 33.4 Å². The molecule has 3 aliphatic rings. The Bertz CT molecular complexity index is 2540. The van der Waals surface area contributed by atoms with E-state index in [0.29, 0.717) is 19.2 Å². The monoisotopic (exact) mass is 967 g/mol. The molecule has 6 aromatic rings. The molecule has 0 bridgehead atoms. The van der Waals surface area contributed by atoms with Crippen LogP contribution < -0.4 is 13.7 Å². The first kappa shape index (κ1) is 41.3. The number of hydrogen-bond acceptors (Lipinski definition) is 0. The van der Waals surface area contributed by atoms with E-state index in [2.05, 4.69) is 209 Å². The van der Waals surface area contributed by atoms with Gasteiger partial charge in [-0.25, -0.2) is 0 Å². The maximum atomic E-state index is 2.71. The second-order valence-electron chi connectivity index (χ2n) is 20.8. The third-order valence-electron chi connectivity index (χ3n) is 13.4. The Morgan fingerprint density at radius 3 is 1.37 bits per heavy atom. The summed E-state index contributed by atoms with van der Waals surface area (Å²) in [6, 6.07) is 50.2. The summed E-state index contributed by atoms with van der Waals surface area (Å²) in [7, 11) is -0.642. The number of fused-ring (bicyclic) bond motifs is 5. The summed E-state index contributed by atoms with van der Waals surface area (Å²) in [5.41, 5.74) is 21.2. The Labute approximate surface area is 371 Å². The Hall–Kier alpha value is -4.11. The van der Waals surface area contributed by atoms with Gasteiger partial charge in [0.15, 0.2) is 0 Å². The van der Waals surface area contributed by atoms with Gasteiger partial charge < -0.3 is 0 Å². The van der Waals surface area contributed by atoms with Crippen molar-refractivity contribution >= 4 is 35.4 Å². The van der Waals surface area contributed by atoms with Crippen LogP contribution in [0.5, 0.6) is 0 Å². The number of allylic oxidation sites excluding steroid dienone is 2. The molecule has 2 atom stereocenters. The second kappa shape index (κ2) is 16.0. The summed E-state index contributed by atoms with van der Waals surface area (Å²) >= 11 is -3.21. The number of hydrogen-bond donors (Lipinski definition) is 0. The fourth-order valence-corrected chi connectivity index (χ4v) is 30.4. The first-order valence-corrected chi connectivity index (χ1v) is 30.0. The molecule has 0 fully saturated rings. The van der Waals surface area contributed by atoms with E-state index in [-0.39, 0.29) is 10.8 Å². The van der Waals surface area contributed by atoms with Gasteiger partial charge in [0.05, 0.1) is 0 Å². The van der Waals surface area contributed by atoms with Gasteiger partial charge in [-0.1, -0.05) is 0 Å². The Balaban J connectivity index is 1.33. The SMILES string of the molecule is CC(C)CC1=Cc2c(-c3ccccc3C(C)(C)C)cccc2[CH]1[Hf]([c]1cccc2c1[SiH2]c1ccccc1-2)[CH]1C(CC(C)C)=Cc2c(-c3ccccc3C(C)(C)C)cccc21. The molecule has 1 aliphatic heterocycles. The third kappa shape index (κ3) is 7.38. The molecule has 6 aromatic carbocycles. The second-order valence-corrected chi connectivity index (χ2v) is 32.0. The van der Waals surface area contributed by atoms with Crippen LogP contribution in [0.1, 0.15) is 123 Å². The van der Waals surface area contributed by atoms with Crippen molar-refractivity contribution in [3.63, 3.8) is 0 Å². The summed E-state index contributed by atoms with van der Waals surface area (Å²) in [5, 5.41) is 3.39.